The summed E-state index contributed by atoms with van der Waals surface area (Å²) < 4.78 is 40.7. The highest BCUT2D eigenvalue weighted by Gasteiger charge is 2.63. The van der Waals surface area contributed by atoms with Crippen molar-refractivity contribution in [1.29, 1.82) is 0 Å². The van der Waals surface area contributed by atoms with E-state index in [0.29, 0.717) is 32.4 Å². The highest BCUT2D eigenvalue weighted by molar-refractivity contribution is 5.98. The second kappa shape index (κ2) is 10.0. The number of carbonyl (C=O) groups excluding carboxylic acids is 1. The van der Waals surface area contributed by atoms with Crippen molar-refractivity contribution in [2.75, 3.05) is 54.0 Å². The van der Waals surface area contributed by atoms with Crippen molar-refractivity contribution < 1.29 is 23.1 Å². The van der Waals surface area contributed by atoms with E-state index in [1.807, 2.05) is 36.5 Å². The minimum absolute atomic E-state index is 0.0443. The number of hydrogen-bond acceptors (Lipinski definition) is 6. The molecule has 0 spiro atoms. The number of aliphatic hydroxyl groups excluding tert-OH is 1. The molecule has 3 heterocycles. The fraction of sp³-hybridized carbons (Fsp3) is 0.600. The van der Waals surface area contributed by atoms with Crippen molar-refractivity contribution >= 4 is 28.9 Å². The van der Waals surface area contributed by atoms with E-state index in [2.05, 4.69) is 26.5 Å². The van der Waals surface area contributed by atoms with Gasteiger partial charge >= 0.3 is 12.2 Å². The maximum absolute atomic E-state index is 13.7. The average molecular weight is 571 g/mol. The van der Waals surface area contributed by atoms with Crippen molar-refractivity contribution in [2.45, 2.75) is 50.4 Å². The van der Waals surface area contributed by atoms with E-state index in [9.17, 15) is 23.1 Å². The number of fused-ring (bicyclic) bond motifs is 1. The van der Waals surface area contributed by atoms with Crippen LogP contribution >= 0.6 is 0 Å². The zero-order chi connectivity index (χ0) is 28.4. The number of anilines is 4. The number of alkyl halides is 3. The van der Waals surface area contributed by atoms with Crippen LogP contribution in [0.2, 0.25) is 0 Å². The van der Waals surface area contributed by atoms with E-state index in [0.717, 1.165) is 61.9 Å². The van der Waals surface area contributed by atoms with Crippen LogP contribution in [-0.2, 0) is 0 Å². The van der Waals surface area contributed by atoms with Crippen LogP contribution in [0.1, 0.15) is 32.1 Å². The maximum atomic E-state index is 13.7. The summed E-state index contributed by atoms with van der Waals surface area (Å²) in [5.41, 5.74) is 1.68. The Bertz CT molecular complexity index is 1270. The number of hydrogen-bond donors (Lipinski definition) is 3. The first-order valence-corrected chi connectivity index (χ1v) is 14.8. The highest BCUT2D eigenvalue weighted by Crippen LogP contribution is 2.63. The number of para-hydroxylation sites is 2. The van der Waals surface area contributed by atoms with Crippen LogP contribution in [0.3, 0.4) is 0 Å². The number of rotatable bonds is 4. The molecule has 41 heavy (non-hydrogen) atoms. The van der Waals surface area contributed by atoms with E-state index >= 15 is 0 Å². The largest absolute Gasteiger partial charge is 0.414 e. The van der Waals surface area contributed by atoms with Gasteiger partial charge in [0.1, 0.15) is 5.82 Å². The van der Waals surface area contributed by atoms with E-state index < -0.39 is 17.7 Å². The monoisotopic (exact) mass is 570 g/mol. The number of aromatic nitrogens is 1. The van der Waals surface area contributed by atoms with Crippen LogP contribution in [0.15, 0.2) is 42.6 Å². The molecule has 220 valence electrons. The van der Waals surface area contributed by atoms with Gasteiger partial charge in [-0.2, -0.15) is 13.2 Å². The van der Waals surface area contributed by atoms with Gasteiger partial charge in [0.2, 0.25) is 0 Å². The van der Waals surface area contributed by atoms with Gasteiger partial charge in [0, 0.05) is 50.7 Å². The molecule has 6 aliphatic rings. The normalized spacial score (nSPS) is 31.7. The van der Waals surface area contributed by atoms with Gasteiger partial charge in [-0.15, -0.1) is 0 Å². The molecule has 11 heteroatoms. The topological polar surface area (TPSA) is 84.0 Å². The molecule has 0 radical (unpaired) electrons. The summed E-state index contributed by atoms with van der Waals surface area (Å²) in [6, 6.07) is 11.5. The van der Waals surface area contributed by atoms with Gasteiger partial charge in [0.25, 0.3) is 0 Å². The van der Waals surface area contributed by atoms with Gasteiger partial charge in [0.15, 0.2) is 6.10 Å². The summed E-state index contributed by atoms with van der Waals surface area (Å²) >= 11 is 0. The summed E-state index contributed by atoms with van der Waals surface area (Å²) in [5.74, 6) is 0.924. The SMILES string of the molecule is O=C(N[C@H]1C2CC3CC1C[C@@](C(O)C(F)(F)F)(C3)C2)N1CCN(c2ccc(N3CCNCC3)cn2)c2ccccc21. The van der Waals surface area contributed by atoms with Crippen LogP contribution in [0.25, 0.3) is 0 Å². The Labute approximate surface area is 237 Å². The zero-order valence-electron chi connectivity index (χ0n) is 23.0. The first-order valence-electron chi connectivity index (χ1n) is 14.8. The molecular weight excluding hydrogens is 533 g/mol. The van der Waals surface area contributed by atoms with Gasteiger partial charge < -0.3 is 25.5 Å². The zero-order valence-corrected chi connectivity index (χ0v) is 23.0. The van der Waals surface area contributed by atoms with Crippen molar-refractivity contribution in [3.8, 4) is 0 Å². The molecule has 1 saturated heterocycles. The minimum Gasteiger partial charge on any atom is -0.383 e. The fourth-order valence-electron chi connectivity index (χ4n) is 8.68. The first kappa shape index (κ1) is 26.8. The fourth-order valence-corrected chi connectivity index (χ4v) is 8.68. The molecular formula is C30H37F3N6O2. The van der Waals surface area contributed by atoms with Gasteiger partial charge in [-0.3, -0.25) is 4.90 Å². The highest BCUT2D eigenvalue weighted by atomic mass is 19.4. The summed E-state index contributed by atoms with van der Waals surface area (Å²) in [6.45, 7) is 4.85. The summed E-state index contributed by atoms with van der Waals surface area (Å²) in [6.07, 6.45) is -2.32. The Morgan fingerprint density at radius 1 is 1.00 bits per heavy atom. The number of nitrogens with one attached hydrogen (secondary N) is 2. The molecule has 1 aromatic heterocycles. The van der Waals surface area contributed by atoms with Gasteiger partial charge in [-0.05, 0) is 74.1 Å². The molecule has 8 rings (SSSR count). The number of urea groups is 1. The maximum Gasteiger partial charge on any atom is 0.414 e. The van der Waals surface area contributed by atoms with Crippen LogP contribution in [-0.4, -0.2) is 73.7 Å². The third-order valence-electron chi connectivity index (χ3n) is 10.2. The number of aliphatic hydroxyl groups is 1. The molecule has 8 nitrogen and oxygen atoms in total. The average Bonchev–Trinajstić information content (AvgIpc) is 2.97. The number of piperazine rings is 1. The third kappa shape index (κ3) is 4.70. The van der Waals surface area contributed by atoms with Gasteiger partial charge in [-0.25, -0.2) is 9.78 Å². The minimum atomic E-state index is -4.62. The van der Waals surface area contributed by atoms with Crippen molar-refractivity contribution in [2.24, 2.45) is 23.2 Å². The van der Waals surface area contributed by atoms with Gasteiger partial charge in [-0.1, -0.05) is 12.1 Å². The second-order valence-electron chi connectivity index (χ2n) is 12.7. The summed E-state index contributed by atoms with van der Waals surface area (Å²) in [4.78, 5) is 24.7. The second-order valence-corrected chi connectivity index (χ2v) is 12.7. The standard InChI is InChI=1S/C30H37F3N6O2/c31-30(32,33)27(40)29-15-19-13-20(16-29)26(21(14-19)17-29)36-28(41)39-12-11-38(23-3-1-2-4-24(23)39)25-6-5-22(18-35-25)37-9-7-34-8-10-37/h1-6,18-21,26-27,34,40H,7-17H2,(H,36,41)/t19?,20?,21?,26-,27?,29+. The number of halogens is 3. The van der Waals surface area contributed by atoms with E-state index in [-0.39, 0.29) is 29.8 Å². The van der Waals surface area contributed by atoms with E-state index in [1.54, 1.807) is 4.90 Å². The molecule has 2 amide bonds. The van der Waals surface area contributed by atoms with Crippen molar-refractivity contribution in [1.82, 2.24) is 15.6 Å². The Hall–Kier alpha value is -3.05. The first-order chi connectivity index (χ1) is 19.7. The molecule has 1 aromatic carbocycles. The van der Waals surface area contributed by atoms with E-state index in [1.165, 1.54) is 0 Å². The molecule has 4 bridgehead atoms. The molecule has 2 aliphatic heterocycles. The Morgan fingerprint density at radius 2 is 1.71 bits per heavy atom. The van der Waals surface area contributed by atoms with E-state index in [4.69, 9.17) is 4.98 Å². The van der Waals surface area contributed by atoms with Crippen LogP contribution in [0, 0.1) is 23.2 Å². The number of amides is 2. The van der Waals surface area contributed by atoms with Gasteiger partial charge in [0.05, 0.1) is 23.3 Å². The molecule has 3 atom stereocenters. The summed E-state index contributed by atoms with van der Waals surface area (Å²) in [7, 11) is 0. The smallest absolute Gasteiger partial charge is 0.383 e. The predicted octanol–water partition coefficient (Wildman–Crippen LogP) is 4.28. The summed E-state index contributed by atoms with van der Waals surface area (Å²) in [5, 5.41) is 16.9. The predicted molar refractivity (Wildman–Crippen MR) is 150 cm³/mol. The lowest BCUT2D eigenvalue weighted by atomic mass is 9.46. The lowest BCUT2D eigenvalue weighted by Gasteiger charge is -2.61. The number of carbonyl (C=O) groups is 1. The molecule has 4 aliphatic carbocycles. The molecule has 2 aromatic rings. The molecule has 5 fully saturated rings. The molecule has 3 N–H and O–H groups in total. The van der Waals surface area contributed by atoms with Crippen LogP contribution in [0.4, 0.5) is 40.8 Å². The van der Waals surface area contributed by atoms with Crippen molar-refractivity contribution in [3.05, 3.63) is 42.6 Å². The lowest BCUT2D eigenvalue weighted by Crippen LogP contribution is -2.64. The Balaban J connectivity index is 1.07. The quantitative estimate of drug-likeness (QED) is 0.509. The van der Waals surface area contributed by atoms with Crippen molar-refractivity contribution in [3.63, 3.8) is 0 Å². The lowest BCUT2D eigenvalue weighted by molar-refractivity contribution is -0.266. The number of nitrogens with zero attached hydrogens (tertiary/aromatic N) is 4. The molecule has 4 saturated carbocycles. The van der Waals surface area contributed by atoms with Crippen LogP contribution < -0.4 is 25.3 Å². The third-order valence-corrected chi connectivity index (χ3v) is 10.2. The van der Waals surface area contributed by atoms with Crippen LogP contribution in [0.5, 0.6) is 0 Å². The Morgan fingerprint density at radius 3 is 2.37 bits per heavy atom. The number of benzene rings is 1. The number of pyridine rings is 1. The molecule has 3 unspecified atom stereocenters. The Kier molecular flexibility index (Phi) is 6.57.